The largest absolute Gasteiger partial charge is 0.457 e. The van der Waals surface area contributed by atoms with E-state index in [-0.39, 0.29) is 6.04 Å². The van der Waals surface area contributed by atoms with Gasteiger partial charge < -0.3 is 10.5 Å². The van der Waals surface area contributed by atoms with Gasteiger partial charge in [-0.3, -0.25) is 0 Å². The van der Waals surface area contributed by atoms with Gasteiger partial charge in [-0.25, -0.2) is 0 Å². The van der Waals surface area contributed by atoms with Gasteiger partial charge in [0.05, 0.1) is 0 Å². The Balaban J connectivity index is 2.30. The van der Waals surface area contributed by atoms with Gasteiger partial charge >= 0.3 is 0 Å². The van der Waals surface area contributed by atoms with Gasteiger partial charge in [0.25, 0.3) is 0 Å². The van der Waals surface area contributed by atoms with E-state index in [1.165, 1.54) is 5.56 Å². The van der Waals surface area contributed by atoms with Crippen molar-refractivity contribution in [2.24, 2.45) is 5.73 Å². The molecule has 21 heavy (non-hydrogen) atoms. The van der Waals surface area contributed by atoms with Gasteiger partial charge in [0.15, 0.2) is 0 Å². The summed E-state index contributed by atoms with van der Waals surface area (Å²) in [6.07, 6.45) is 1.77. The van der Waals surface area contributed by atoms with E-state index in [1.807, 2.05) is 18.2 Å². The van der Waals surface area contributed by atoms with Gasteiger partial charge in [0.1, 0.15) is 11.5 Å². The molecule has 0 fully saturated rings. The van der Waals surface area contributed by atoms with Gasteiger partial charge in [0.2, 0.25) is 0 Å². The third-order valence-corrected chi connectivity index (χ3v) is 4.07. The van der Waals surface area contributed by atoms with E-state index in [0.717, 1.165) is 39.9 Å². The summed E-state index contributed by atoms with van der Waals surface area (Å²) >= 11 is 3.52. The monoisotopic (exact) mass is 347 g/mol. The highest BCUT2D eigenvalue weighted by atomic mass is 79.9. The van der Waals surface area contributed by atoms with Gasteiger partial charge in [-0.2, -0.15) is 0 Å². The molecule has 3 heteroatoms. The third kappa shape index (κ3) is 4.32. The second-order valence-corrected chi connectivity index (χ2v) is 6.41. The Kier molecular flexibility index (Phi) is 5.43. The molecule has 0 heterocycles. The van der Waals surface area contributed by atoms with Crippen molar-refractivity contribution in [3.63, 3.8) is 0 Å². The van der Waals surface area contributed by atoms with Crippen LogP contribution in [0.5, 0.6) is 11.5 Å². The summed E-state index contributed by atoms with van der Waals surface area (Å²) in [7, 11) is 0. The summed E-state index contributed by atoms with van der Waals surface area (Å²) in [4.78, 5) is 0. The highest BCUT2D eigenvalue weighted by Crippen LogP contribution is 2.31. The first kappa shape index (κ1) is 16.1. The predicted molar refractivity (Wildman–Crippen MR) is 92.1 cm³/mol. The lowest BCUT2D eigenvalue weighted by atomic mass is 10.0. The second-order valence-electron chi connectivity index (χ2n) is 5.50. The van der Waals surface area contributed by atoms with Crippen molar-refractivity contribution in [3.8, 4) is 11.5 Å². The van der Waals surface area contributed by atoms with Gasteiger partial charge in [-0.05, 0) is 62.1 Å². The Morgan fingerprint density at radius 1 is 1.10 bits per heavy atom. The smallest absolute Gasteiger partial charge is 0.130 e. The first-order valence-corrected chi connectivity index (χ1v) is 8.08. The molecule has 1 atom stereocenters. The first-order chi connectivity index (χ1) is 9.99. The van der Waals surface area contributed by atoms with Crippen molar-refractivity contribution in [1.82, 2.24) is 0 Å². The number of rotatable bonds is 5. The number of hydrogen-bond donors (Lipinski definition) is 1. The van der Waals surface area contributed by atoms with E-state index in [0.29, 0.717) is 0 Å². The molecule has 0 radical (unpaired) electrons. The molecule has 0 bridgehead atoms. The van der Waals surface area contributed by atoms with Gasteiger partial charge in [-0.1, -0.05) is 40.5 Å². The molecule has 0 saturated carbocycles. The zero-order valence-corrected chi connectivity index (χ0v) is 14.4. The van der Waals surface area contributed by atoms with Crippen LogP contribution in [0.2, 0.25) is 0 Å². The van der Waals surface area contributed by atoms with Crippen molar-refractivity contribution < 1.29 is 4.74 Å². The van der Waals surface area contributed by atoms with Crippen LogP contribution in [0.3, 0.4) is 0 Å². The molecule has 2 N–H and O–H groups in total. The summed E-state index contributed by atoms with van der Waals surface area (Å²) in [5.41, 5.74) is 9.62. The molecule has 0 saturated heterocycles. The number of benzene rings is 2. The average Bonchev–Trinajstić information content (AvgIpc) is 2.44. The minimum atomic E-state index is 0.153. The summed E-state index contributed by atoms with van der Waals surface area (Å²) in [5, 5.41) is 0. The quantitative estimate of drug-likeness (QED) is 0.812. The van der Waals surface area contributed by atoms with Crippen molar-refractivity contribution in [3.05, 3.63) is 57.6 Å². The van der Waals surface area contributed by atoms with Crippen LogP contribution in [0.1, 0.15) is 30.0 Å². The fourth-order valence-electron chi connectivity index (χ4n) is 2.27. The Morgan fingerprint density at radius 2 is 1.81 bits per heavy atom. The average molecular weight is 348 g/mol. The lowest BCUT2D eigenvalue weighted by molar-refractivity contribution is 0.468. The normalized spacial score (nSPS) is 12.2. The molecule has 0 aromatic heterocycles. The fourth-order valence-corrected chi connectivity index (χ4v) is 2.67. The van der Waals surface area contributed by atoms with E-state index in [9.17, 15) is 0 Å². The molecule has 0 aliphatic carbocycles. The predicted octanol–water partition coefficient (Wildman–Crippen LogP) is 5.14. The Bertz CT molecular complexity index is 625. The highest BCUT2D eigenvalue weighted by Gasteiger charge is 2.11. The Labute approximate surface area is 135 Å². The Hall–Kier alpha value is -1.32. The zero-order valence-electron chi connectivity index (χ0n) is 12.8. The molecule has 0 spiro atoms. The SMILES string of the molecule is CCC(N)Cc1cc(Br)ccc1Oc1ccc(C)cc1C. The molecule has 2 rings (SSSR count). The molecular weight excluding hydrogens is 326 g/mol. The highest BCUT2D eigenvalue weighted by molar-refractivity contribution is 9.10. The molecule has 2 aromatic rings. The van der Waals surface area contributed by atoms with Crippen LogP contribution < -0.4 is 10.5 Å². The molecule has 0 aliphatic heterocycles. The van der Waals surface area contributed by atoms with Gasteiger partial charge in [0, 0.05) is 10.5 Å². The molecule has 2 nitrogen and oxygen atoms in total. The van der Waals surface area contributed by atoms with E-state index in [2.05, 4.69) is 54.9 Å². The van der Waals surface area contributed by atoms with E-state index in [1.54, 1.807) is 0 Å². The third-order valence-electron chi connectivity index (χ3n) is 3.58. The number of aryl methyl sites for hydroxylation is 2. The van der Waals surface area contributed by atoms with Gasteiger partial charge in [-0.15, -0.1) is 0 Å². The maximum atomic E-state index is 6.12. The lowest BCUT2D eigenvalue weighted by Crippen LogP contribution is -2.21. The van der Waals surface area contributed by atoms with Crippen LogP contribution in [0.25, 0.3) is 0 Å². The summed E-state index contributed by atoms with van der Waals surface area (Å²) < 4.78 is 7.17. The van der Waals surface area contributed by atoms with Crippen LogP contribution in [0.4, 0.5) is 0 Å². The van der Waals surface area contributed by atoms with Crippen molar-refractivity contribution in [2.45, 2.75) is 39.7 Å². The second kappa shape index (κ2) is 7.10. The minimum absolute atomic E-state index is 0.153. The number of hydrogen-bond acceptors (Lipinski definition) is 2. The van der Waals surface area contributed by atoms with Crippen LogP contribution in [-0.4, -0.2) is 6.04 Å². The molecular formula is C18H22BrNO. The number of halogens is 1. The van der Waals surface area contributed by atoms with Crippen molar-refractivity contribution in [2.75, 3.05) is 0 Å². The van der Waals surface area contributed by atoms with Crippen molar-refractivity contribution >= 4 is 15.9 Å². The first-order valence-electron chi connectivity index (χ1n) is 7.28. The lowest BCUT2D eigenvalue weighted by Gasteiger charge is -2.16. The summed E-state index contributed by atoms with van der Waals surface area (Å²) in [5.74, 6) is 1.78. The van der Waals surface area contributed by atoms with E-state index < -0.39 is 0 Å². The van der Waals surface area contributed by atoms with E-state index >= 15 is 0 Å². The maximum absolute atomic E-state index is 6.12. The molecule has 0 amide bonds. The summed E-state index contributed by atoms with van der Waals surface area (Å²) in [6, 6.07) is 12.5. The fraction of sp³-hybridized carbons (Fsp3) is 0.333. The minimum Gasteiger partial charge on any atom is -0.457 e. The summed E-state index contributed by atoms with van der Waals surface area (Å²) in [6.45, 7) is 6.26. The molecule has 1 unspecified atom stereocenters. The standard InChI is InChI=1S/C18H22BrNO/c1-4-16(20)11-14-10-15(19)6-8-18(14)21-17-7-5-12(2)9-13(17)3/h5-10,16H,4,11,20H2,1-3H3. The molecule has 112 valence electrons. The topological polar surface area (TPSA) is 35.2 Å². The van der Waals surface area contributed by atoms with Crippen LogP contribution >= 0.6 is 15.9 Å². The van der Waals surface area contributed by atoms with E-state index in [4.69, 9.17) is 10.5 Å². The maximum Gasteiger partial charge on any atom is 0.130 e. The van der Waals surface area contributed by atoms with Crippen molar-refractivity contribution in [1.29, 1.82) is 0 Å². The molecule has 0 aliphatic rings. The van der Waals surface area contributed by atoms with Crippen LogP contribution in [-0.2, 0) is 6.42 Å². The molecule has 2 aromatic carbocycles. The van der Waals surface area contributed by atoms with Crippen LogP contribution in [0, 0.1) is 13.8 Å². The number of nitrogens with two attached hydrogens (primary N) is 1. The number of ether oxygens (including phenoxy) is 1. The zero-order chi connectivity index (χ0) is 15.4. The van der Waals surface area contributed by atoms with Crippen LogP contribution in [0.15, 0.2) is 40.9 Å². The Morgan fingerprint density at radius 3 is 2.48 bits per heavy atom.